The monoisotopic (exact) mass is 394 g/mol. The summed E-state index contributed by atoms with van der Waals surface area (Å²) >= 11 is 0. The minimum absolute atomic E-state index is 0.0752. The number of nitrogens with one attached hydrogen (secondary N) is 1. The van der Waals surface area contributed by atoms with Crippen LogP contribution in [0.4, 0.5) is 0 Å². The van der Waals surface area contributed by atoms with E-state index in [2.05, 4.69) is 17.3 Å². The average Bonchev–Trinajstić information content (AvgIpc) is 3.37. The first-order valence-corrected chi connectivity index (χ1v) is 10.7. The van der Waals surface area contributed by atoms with E-state index in [-0.39, 0.29) is 11.9 Å². The van der Waals surface area contributed by atoms with E-state index in [0.29, 0.717) is 11.5 Å². The molecule has 1 fully saturated rings. The van der Waals surface area contributed by atoms with Crippen molar-refractivity contribution >= 4 is 16.9 Å². The van der Waals surface area contributed by atoms with Gasteiger partial charge >= 0.3 is 0 Å². The van der Waals surface area contributed by atoms with Crippen molar-refractivity contribution in [2.45, 2.75) is 78.4 Å². The molecule has 0 aromatic carbocycles. The number of amides is 1. The molecule has 1 saturated carbocycles. The van der Waals surface area contributed by atoms with Crippen molar-refractivity contribution in [3.05, 3.63) is 41.0 Å². The Bertz CT molecular complexity index is 1030. The lowest BCUT2D eigenvalue weighted by atomic mass is 10.1. The van der Waals surface area contributed by atoms with Crippen LogP contribution in [0.1, 0.15) is 85.9 Å². The number of aromatic nitrogens is 5. The first-order valence-electron chi connectivity index (χ1n) is 10.7. The van der Waals surface area contributed by atoms with Crippen molar-refractivity contribution in [3.8, 4) is 0 Å². The van der Waals surface area contributed by atoms with Crippen molar-refractivity contribution in [2.24, 2.45) is 0 Å². The van der Waals surface area contributed by atoms with Crippen LogP contribution >= 0.6 is 0 Å². The van der Waals surface area contributed by atoms with Crippen LogP contribution in [-0.2, 0) is 13.1 Å². The summed E-state index contributed by atoms with van der Waals surface area (Å²) in [5, 5.41) is 13.1. The number of nitrogens with zero attached hydrogens (tertiary/aromatic N) is 5. The van der Waals surface area contributed by atoms with E-state index in [4.69, 9.17) is 10.1 Å². The van der Waals surface area contributed by atoms with Gasteiger partial charge in [0.1, 0.15) is 0 Å². The Hall–Kier alpha value is -2.70. The number of carbonyl (C=O) groups excluding carboxylic acids is 1. The minimum Gasteiger partial charge on any atom is -0.344 e. The second-order valence-corrected chi connectivity index (χ2v) is 8.00. The number of hydrogen-bond acceptors (Lipinski definition) is 4. The van der Waals surface area contributed by atoms with Crippen LogP contribution in [0.25, 0.3) is 11.0 Å². The highest BCUT2D eigenvalue weighted by Crippen LogP contribution is 2.40. The van der Waals surface area contributed by atoms with E-state index in [0.717, 1.165) is 66.9 Å². The standard InChI is InChI=1S/C22H30N6O/c1-5-7-12-28-21-20(15(4)26-28)17(13-18(25-21)16-8-9-16)22(29)24-14(3)19-10-11-23-27(19)6-2/h10-11,13-14,16H,5-9,12H2,1-4H3,(H,24,29)/t14-/m0/s1. The summed E-state index contributed by atoms with van der Waals surface area (Å²) in [4.78, 5) is 18.2. The van der Waals surface area contributed by atoms with Gasteiger partial charge in [0.05, 0.1) is 28.4 Å². The largest absolute Gasteiger partial charge is 0.344 e. The summed E-state index contributed by atoms with van der Waals surface area (Å²) in [6.45, 7) is 9.79. The molecule has 3 aromatic rings. The molecule has 0 saturated heterocycles. The number of aryl methyl sites for hydroxylation is 3. The Kier molecular flexibility index (Phi) is 5.39. The molecule has 0 bridgehead atoms. The number of rotatable bonds is 8. The lowest BCUT2D eigenvalue weighted by molar-refractivity contribution is 0.0939. The molecule has 1 N–H and O–H groups in total. The minimum atomic E-state index is -0.131. The molecule has 3 aromatic heterocycles. The quantitative estimate of drug-likeness (QED) is 0.623. The summed E-state index contributed by atoms with van der Waals surface area (Å²) in [7, 11) is 0. The van der Waals surface area contributed by atoms with Crippen molar-refractivity contribution < 1.29 is 4.79 Å². The van der Waals surface area contributed by atoms with Gasteiger partial charge in [0.25, 0.3) is 5.91 Å². The average molecular weight is 395 g/mol. The molecular weight excluding hydrogens is 364 g/mol. The maximum absolute atomic E-state index is 13.3. The molecule has 7 heteroatoms. The number of unbranched alkanes of at least 4 members (excludes halogenated alkanes) is 1. The molecule has 7 nitrogen and oxygen atoms in total. The fraction of sp³-hybridized carbons (Fsp3) is 0.545. The highest BCUT2D eigenvalue weighted by Gasteiger charge is 2.29. The summed E-state index contributed by atoms with van der Waals surface area (Å²) in [6, 6.07) is 3.81. The molecule has 0 unspecified atom stereocenters. The summed E-state index contributed by atoms with van der Waals surface area (Å²) < 4.78 is 3.89. The molecule has 1 atom stereocenters. The third kappa shape index (κ3) is 3.78. The zero-order valence-electron chi connectivity index (χ0n) is 17.8. The van der Waals surface area contributed by atoms with Gasteiger partial charge in [-0.25, -0.2) is 9.67 Å². The predicted molar refractivity (Wildman–Crippen MR) is 113 cm³/mol. The molecule has 1 amide bonds. The summed E-state index contributed by atoms with van der Waals surface area (Å²) in [5.41, 5.74) is 4.42. The Balaban J connectivity index is 1.71. The summed E-state index contributed by atoms with van der Waals surface area (Å²) in [5.74, 6) is 0.397. The van der Waals surface area contributed by atoms with E-state index in [9.17, 15) is 4.79 Å². The van der Waals surface area contributed by atoms with Crippen LogP contribution in [0.3, 0.4) is 0 Å². The van der Waals surface area contributed by atoms with Crippen molar-refractivity contribution in [3.63, 3.8) is 0 Å². The Morgan fingerprint density at radius 3 is 2.79 bits per heavy atom. The predicted octanol–water partition coefficient (Wildman–Crippen LogP) is 4.12. The van der Waals surface area contributed by atoms with E-state index in [1.807, 2.05) is 42.3 Å². The van der Waals surface area contributed by atoms with E-state index < -0.39 is 0 Å². The van der Waals surface area contributed by atoms with Gasteiger partial charge in [-0.15, -0.1) is 0 Å². The van der Waals surface area contributed by atoms with E-state index in [1.54, 1.807) is 6.20 Å². The lowest BCUT2D eigenvalue weighted by Crippen LogP contribution is -2.28. The van der Waals surface area contributed by atoms with Crippen LogP contribution in [0.5, 0.6) is 0 Å². The summed E-state index contributed by atoms with van der Waals surface area (Å²) in [6.07, 6.45) is 6.21. The molecule has 29 heavy (non-hydrogen) atoms. The molecular formula is C22H30N6O. The van der Waals surface area contributed by atoms with Crippen LogP contribution in [0.2, 0.25) is 0 Å². The Morgan fingerprint density at radius 1 is 1.31 bits per heavy atom. The molecule has 0 radical (unpaired) electrons. The Labute approximate surface area is 171 Å². The smallest absolute Gasteiger partial charge is 0.252 e. The number of carbonyl (C=O) groups is 1. The Morgan fingerprint density at radius 2 is 2.10 bits per heavy atom. The molecule has 3 heterocycles. The number of fused-ring (bicyclic) bond motifs is 1. The van der Waals surface area contributed by atoms with E-state index >= 15 is 0 Å². The zero-order chi connectivity index (χ0) is 20.5. The van der Waals surface area contributed by atoms with Crippen molar-refractivity contribution in [1.29, 1.82) is 0 Å². The van der Waals surface area contributed by atoms with Crippen LogP contribution in [-0.4, -0.2) is 30.5 Å². The normalized spacial score (nSPS) is 15.0. The third-order valence-corrected chi connectivity index (χ3v) is 5.70. The molecule has 1 aliphatic rings. The fourth-order valence-corrected chi connectivity index (χ4v) is 3.93. The first kappa shape index (κ1) is 19.6. The van der Waals surface area contributed by atoms with Crippen molar-refractivity contribution in [1.82, 2.24) is 29.9 Å². The van der Waals surface area contributed by atoms with Crippen molar-refractivity contribution in [2.75, 3.05) is 0 Å². The van der Waals surface area contributed by atoms with Gasteiger partial charge in [0.15, 0.2) is 5.65 Å². The van der Waals surface area contributed by atoms with Gasteiger partial charge < -0.3 is 5.32 Å². The molecule has 1 aliphatic carbocycles. The molecule has 0 spiro atoms. The SMILES string of the molecule is CCCCn1nc(C)c2c(C(=O)N[C@@H](C)c3ccnn3CC)cc(C3CC3)nc21. The van der Waals surface area contributed by atoms with E-state index in [1.165, 1.54) is 0 Å². The first-order chi connectivity index (χ1) is 14.0. The second kappa shape index (κ2) is 7.97. The topological polar surface area (TPSA) is 77.6 Å². The van der Waals surface area contributed by atoms with Gasteiger partial charge in [-0.05, 0) is 52.2 Å². The van der Waals surface area contributed by atoms with Crippen LogP contribution in [0.15, 0.2) is 18.3 Å². The van der Waals surface area contributed by atoms with Gasteiger partial charge in [0, 0.05) is 30.9 Å². The van der Waals surface area contributed by atoms with Gasteiger partial charge in [-0.3, -0.25) is 9.48 Å². The lowest BCUT2D eigenvalue weighted by Gasteiger charge is -2.16. The van der Waals surface area contributed by atoms with Crippen LogP contribution < -0.4 is 5.32 Å². The highest BCUT2D eigenvalue weighted by atomic mass is 16.1. The molecule has 154 valence electrons. The maximum Gasteiger partial charge on any atom is 0.252 e. The number of pyridine rings is 1. The molecule has 0 aliphatic heterocycles. The second-order valence-electron chi connectivity index (χ2n) is 8.00. The zero-order valence-corrected chi connectivity index (χ0v) is 17.8. The maximum atomic E-state index is 13.3. The molecule has 4 rings (SSSR count). The number of hydrogen-bond donors (Lipinski definition) is 1. The van der Waals surface area contributed by atoms with Gasteiger partial charge in [0.2, 0.25) is 0 Å². The van der Waals surface area contributed by atoms with Gasteiger partial charge in [-0.1, -0.05) is 13.3 Å². The highest BCUT2D eigenvalue weighted by molar-refractivity contribution is 6.06. The van der Waals surface area contributed by atoms with Crippen LogP contribution in [0, 0.1) is 6.92 Å². The third-order valence-electron chi connectivity index (χ3n) is 5.70. The fourth-order valence-electron chi connectivity index (χ4n) is 3.93. The van der Waals surface area contributed by atoms with Gasteiger partial charge in [-0.2, -0.15) is 10.2 Å².